The Balaban J connectivity index is 1.69. The third-order valence-corrected chi connectivity index (χ3v) is 5.41. The van der Waals surface area contributed by atoms with E-state index < -0.39 is 5.97 Å². The molecule has 29 heavy (non-hydrogen) atoms. The summed E-state index contributed by atoms with van der Waals surface area (Å²) in [7, 11) is 1.48. The predicted octanol–water partition coefficient (Wildman–Crippen LogP) is 3.99. The van der Waals surface area contributed by atoms with Crippen LogP contribution in [-0.2, 0) is 11.3 Å². The molecular weight excluding hydrogens is 386 g/mol. The Hall–Kier alpha value is -3.19. The van der Waals surface area contributed by atoms with Crippen LogP contribution in [0.25, 0.3) is 11.3 Å². The molecule has 0 saturated carbocycles. The minimum atomic E-state index is -1.03. The first kappa shape index (κ1) is 20.5. The number of rotatable bonds is 8. The molecule has 1 amide bonds. The van der Waals surface area contributed by atoms with Gasteiger partial charge in [-0.1, -0.05) is 42.5 Å². The predicted molar refractivity (Wildman–Crippen MR) is 115 cm³/mol. The van der Waals surface area contributed by atoms with Crippen molar-refractivity contribution < 1.29 is 14.7 Å². The number of amides is 1. The lowest BCUT2D eigenvalue weighted by molar-refractivity contribution is -0.137. The molecular formula is C22H23N3O3S. The number of hydrogen-bond donors (Lipinski definition) is 1. The number of nitrogens with zero attached hydrogens (tertiary/aromatic N) is 3. The maximum Gasteiger partial charge on any atom is 0.323 e. The number of likely N-dealkylation sites (N-methyl/N-ethyl adjacent to an activating group) is 1. The van der Waals surface area contributed by atoms with Crippen molar-refractivity contribution in [3.8, 4) is 11.3 Å². The Labute approximate surface area is 174 Å². The molecule has 0 aliphatic carbocycles. The normalized spacial score (nSPS) is 10.6. The number of benzene rings is 2. The van der Waals surface area contributed by atoms with Crippen LogP contribution in [-0.4, -0.2) is 47.0 Å². The van der Waals surface area contributed by atoms with Crippen molar-refractivity contribution in [2.45, 2.75) is 13.5 Å². The number of carboxylic acid groups (broad SMARTS) is 1. The average Bonchev–Trinajstić information content (AvgIpc) is 3.22. The number of aliphatic carboxylic acids is 1. The van der Waals surface area contributed by atoms with Gasteiger partial charge in [-0.2, -0.15) is 0 Å². The van der Waals surface area contributed by atoms with Crippen molar-refractivity contribution in [2.24, 2.45) is 0 Å². The molecule has 0 unspecified atom stereocenters. The molecule has 0 aliphatic rings. The number of carboxylic acids is 1. The van der Waals surface area contributed by atoms with E-state index in [-0.39, 0.29) is 12.5 Å². The molecule has 0 bridgehead atoms. The fourth-order valence-corrected chi connectivity index (χ4v) is 3.83. The summed E-state index contributed by atoms with van der Waals surface area (Å²) >= 11 is 1.61. The number of aromatic nitrogens is 1. The second-order valence-electron chi connectivity index (χ2n) is 6.65. The standard InChI is InChI=1S/C22H23N3O3S/c1-3-25(22-23-19(15-29-22)17-7-5-4-6-8-17)13-16-9-11-18(12-10-16)21(28)24(2)14-20(26)27/h4-12,15H,3,13-14H2,1-2H3,(H,26,27). The largest absolute Gasteiger partial charge is 0.480 e. The maximum absolute atomic E-state index is 12.3. The van der Waals surface area contributed by atoms with E-state index >= 15 is 0 Å². The first-order valence-electron chi connectivity index (χ1n) is 9.30. The second kappa shape index (κ2) is 9.34. The Kier molecular flexibility index (Phi) is 6.61. The minimum absolute atomic E-state index is 0.307. The Bertz CT molecular complexity index is 970. The third-order valence-electron chi connectivity index (χ3n) is 4.51. The first-order chi connectivity index (χ1) is 14.0. The lowest BCUT2D eigenvalue weighted by atomic mass is 10.1. The van der Waals surface area contributed by atoms with Crippen LogP contribution in [0.1, 0.15) is 22.8 Å². The van der Waals surface area contributed by atoms with Crippen LogP contribution >= 0.6 is 11.3 Å². The van der Waals surface area contributed by atoms with E-state index in [1.807, 2.05) is 42.5 Å². The van der Waals surface area contributed by atoms with Crippen LogP contribution in [0.3, 0.4) is 0 Å². The van der Waals surface area contributed by atoms with Gasteiger partial charge in [-0.15, -0.1) is 11.3 Å². The molecule has 3 aromatic rings. The summed E-state index contributed by atoms with van der Waals surface area (Å²) in [5, 5.41) is 11.8. The lowest BCUT2D eigenvalue weighted by Gasteiger charge is -2.20. The van der Waals surface area contributed by atoms with Gasteiger partial charge in [0.05, 0.1) is 5.69 Å². The highest BCUT2D eigenvalue weighted by Gasteiger charge is 2.15. The number of anilines is 1. The average molecular weight is 410 g/mol. The van der Waals surface area contributed by atoms with Gasteiger partial charge in [-0.3, -0.25) is 9.59 Å². The summed E-state index contributed by atoms with van der Waals surface area (Å²) in [5.74, 6) is -1.34. The zero-order valence-electron chi connectivity index (χ0n) is 16.4. The Morgan fingerprint density at radius 2 is 1.76 bits per heavy atom. The topological polar surface area (TPSA) is 73.7 Å². The number of thiazole rings is 1. The van der Waals surface area contributed by atoms with Gasteiger partial charge >= 0.3 is 5.97 Å². The number of carbonyl (C=O) groups is 2. The summed E-state index contributed by atoms with van der Waals surface area (Å²) in [6.07, 6.45) is 0. The third kappa shape index (κ3) is 5.20. The van der Waals surface area contributed by atoms with E-state index in [0.29, 0.717) is 12.1 Å². The van der Waals surface area contributed by atoms with Gasteiger partial charge in [0.25, 0.3) is 5.91 Å². The van der Waals surface area contributed by atoms with E-state index in [4.69, 9.17) is 10.1 Å². The van der Waals surface area contributed by atoms with Gasteiger partial charge in [0, 0.05) is 36.6 Å². The monoisotopic (exact) mass is 409 g/mol. The van der Waals surface area contributed by atoms with E-state index in [0.717, 1.165) is 28.5 Å². The number of carbonyl (C=O) groups excluding carboxylic acids is 1. The van der Waals surface area contributed by atoms with Crippen molar-refractivity contribution in [3.05, 3.63) is 71.1 Å². The molecule has 150 valence electrons. The van der Waals surface area contributed by atoms with Crippen LogP contribution < -0.4 is 4.90 Å². The highest BCUT2D eigenvalue weighted by atomic mass is 32.1. The molecule has 7 heteroatoms. The van der Waals surface area contributed by atoms with Crippen molar-refractivity contribution in [1.82, 2.24) is 9.88 Å². The fourth-order valence-electron chi connectivity index (χ4n) is 2.93. The van der Waals surface area contributed by atoms with Gasteiger partial charge in [-0.05, 0) is 24.6 Å². The summed E-state index contributed by atoms with van der Waals surface area (Å²) in [6.45, 7) is 3.25. The number of hydrogen-bond acceptors (Lipinski definition) is 5. The van der Waals surface area contributed by atoms with Crippen molar-refractivity contribution >= 4 is 28.3 Å². The molecule has 0 spiro atoms. The van der Waals surface area contributed by atoms with Crippen LogP contribution in [0.2, 0.25) is 0 Å². The molecule has 0 fully saturated rings. The zero-order chi connectivity index (χ0) is 20.8. The first-order valence-corrected chi connectivity index (χ1v) is 10.2. The fraction of sp³-hybridized carbons (Fsp3) is 0.227. The molecule has 3 rings (SSSR count). The molecule has 0 saturated heterocycles. The van der Waals surface area contributed by atoms with Crippen molar-refractivity contribution in [2.75, 3.05) is 25.0 Å². The van der Waals surface area contributed by atoms with Crippen molar-refractivity contribution in [1.29, 1.82) is 0 Å². The van der Waals surface area contributed by atoms with Crippen LogP contribution in [0.4, 0.5) is 5.13 Å². The molecule has 1 aromatic heterocycles. The van der Waals surface area contributed by atoms with Crippen LogP contribution in [0.15, 0.2) is 60.0 Å². The van der Waals surface area contributed by atoms with Gasteiger partial charge in [0.1, 0.15) is 6.54 Å². The Morgan fingerprint density at radius 3 is 2.38 bits per heavy atom. The van der Waals surface area contributed by atoms with Gasteiger partial charge < -0.3 is 14.9 Å². The molecule has 0 atom stereocenters. The van der Waals surface area contributed by atoms with Gasteiger partial charge in [0.15, 0.2) is 5.13 Å². The molecule has 1 N–H and O–H groups in total. The van der Waals surface area contributed by atoms with E-state index in [1.54, 1.807) is 23.5 Å². The molecule has 0 radical (unpaired) electrons. The van der Waals surface area contributed by atoms with Crippen molar-refractivity contribution in [3.63, 3.8) is 0 Å². The quantitative estimate of drug-likeness (QED) is 0.609. The summed E-state index contributed by atoms with van der Waals surface area (Å²) < 4.78 is 0. The minimum Gasteiger partial charge on any atom is -0.480 e. The summed E-state index contributed by atoms with van der Waals surface area (Å²) in [6, 6.07) is 17.4. The van der Waals surface area contributed by atoms with Gasteiger partial charge in [-0.25, -0.2) is 4.98 Å². The molecule has 1 heterocycles. The Morgan fingerprint density at radius 1 is 1.07 bits per heavy atom. The SMILES string of the molecule is CCN(Cc1ccc(C(=O)N(C)CC(=O)O)cc1)c1nc(-c2ccccc2)cs1. The van der Waals surface area contributed by atoms with E-state index in [9.17, 15) is 9.59 Å². The van der Waals surface area contributed by atoms with Gasteiger partial charge in [0.2, 0.25) is 0 Å². The highest BCUT2D eigenvalue weighted by molar-refractivity contribution is 7.14. The van der Waals surface area contributed by atoms with E-state index in [1.165, 1.54) is 11.9 Å². The molecule has 6 nitrogen and oxygen atoms in total. The summed E-state index contributed by atoms with van der Waals surface area (Å²) in [5.41, 5.74) is 3.59. The maximum atomic E-state index is 12.3. The second-order valence-corrected chi connectivity index (χ2v) is 7.48. The van der Waals surface area contributed by atoms with Crippen LogP contribution in [0, 0.1) is 0 Å². The molecule has 2 aromatic carbocycles. The smallest absolute Gasteiger partial charge is 0.323 e. The lowest BCUT2D eigenvalue weighted by Crippen LogP contribution is -2.31. The molecule has 0 aliphatic heterocycles. The zero-order valence-corrected chi connectivity index (χ0v) is 17.2. The highest BCUT2D eigenvalue weighted by Crippen LogP contribution is 2.28. The summed E-state index contributed by atoms with van der Waals surface area (Å²) in [4.78, 5) is 31.2. The van der Waals surface area contributed by atoms with Crippen LogP contribution in [0.5, 0.6) is 0 Å². The van der Waals surface area contributed by atoms with E-state index in [2.05, 4.69) is 17.2 Å².